The van der Waals surface area contributed by atoms with Gasteiger partial charge in [-0.15, -0.1) is 0 Å². The lowest BCUT2D eigenvalue weighted by Gasteiger charge is -2.31. The normalized spacial score (nSPS) is 14.2. The monoisotopic (exact) mass is 377 g/mol. The zero-order valence-corrected chi connectivity index (χ0v) is 15.8. The molecule has 9 heteroatoms. The summed E-state index contributed by atoms with van der Waals surface area (Å²) in [5.41, 5.74) is 1.22. The van der Waals surface area contributed by atoms with Crippen molar-refractivity contribution in [1.82, 2.24) is 4.90 Å². The van der Waals surface area contributed by atoms with Crippen LogP contribution in [-0.2, 0) is 28.6 Å². The van der Waals surface area contributed by atoms with Crippen molar-refractivity contribution in [3.05, 3.63) is 35.5 Å². The number of hydrogen-bond acceptors (Lipinski definition) is 8. The minimum atomic E-state index is -0.680. The fourth-order valence-electron chi connectivity index (χ4n) is 2.59. The van der Waals surface area contributed by atoms with E-state index in [1.54, 1.807) is 43.3 Å². The highest BCUT2D eigenvalue weighted by Crippen LogP contribution is 2.28. The van der Waals surface area contributed by atoms with Gasteiger partial charge in [-0.05, 0) is 32.3 Å². The Hall–Kier alpha value is -2.91. The van der Waals surface area contributed by atoms with Crippen molar-refractivity contribution in [2.75, 3.05) is 58.4 Å². The summed E-state index contributed by atoms with van der Waals surface area (Å²) in [6, 6.07) is 6.86. The third kappa shape index (κ3) is 5.05. The molecular formula is C18H23N3O6. The zero-order valence-electron chi connectivity index (χ0n) is 15.8. The minimum absolute atomic E-state index is 0.0417. The molecule has 0 unspecified atom stereocenters. The highest BCUT2D eigenvalue weighted by molar-refractivity contribution is 6.03. The second kappa shape index (κ2) is 9.15. The summed E-state index contributed by atoms with van der Waals surface area (Å²) in [6.45, 7) is 0.212. The van der Waals surface area contributed by atoms with E-state index in [1.165, 1.54) is 19.1 Å². The molecule has 1 aromatic carbocycles. The van der Waals surface area contributed by atoms with Crippen molar-refractivity contribution in [3.8, 4) is 0 Å². The number of likely N-dealkylation sites (N-methyl/N-ethyl adjacent to an activating group) is 1. The SMILES string of the molecule is COC(=O)C1=C(C(=O)OC)N(c2cccc(NC(=O)CN(C)C)c2)COC1. The van der Waals surface area contributed by atoms with Gasteiger partial charge in [0.25, 0.3) is 0 Å². The van der Waals surface area contributed by atoms with E-state index in [-0.39, 0.29) is 37.1 Å². The maximum Gasteiger partial charge on any atom is 0.355 e. The van der Waals surface area contributed by atoms with Gasteiger partial charge in [-0.1, -0.05) is 6.07 Å². The van der Waals surface area contributed by atoms with E-state index in [2.05, 4.69) is 5.32 Å². The first-order valence-corrected chi connectivity index (χ1v) is 8.17. The summed E-state index contributed by atoms with van der Waals surface area (Å²) >= 11 is 0. The Labute approximate surface area is 157 Å². The number of rotatable bonds is 6. The topological polar surface area (TPSA) is 97.4 Å². The van der Waals surface area contributed by atoms with E-state index in [9.17, 15) is 14.4 Å². The maximum atomic E-state index is 12.3. The van der Waals surface area contributed by atoms with Gasteiger partial charge in [-0.3, -0.25) is 4.79 Å². The average Bonchev–Trinajstić information content (AvgIpc) is 2.65. The van der Waals surface area contributed by atoms with Gasteiger partial charge in [0.05, 0.1) is 32.9 Å². The van der Waals surface area contributed by atoms with Crippen LogP contribution in [0.2, 0.25) is 0 Å². The number of benzene rings is 1. The zero-order chi connectivity index (χ0) is 20.0. The van der Waals surface area contributed by atoms with Crippen molar-refractivity contribution in [3.63, 3.8) is 0 Å². The van der Waals surface area contributed by atoms with Crippen LogP contribution in [-0.4, -0.2) is 70.9 Å². The number of carbonyl (C=O) groups is 3. The lowest BCUT2D eigenvalue weighted by atomic mass is 10.1. The maximum absolute atomic E-state index is 12.3. The Balaban J connectivity index is 2.37. The van der Waals surface area contributed by atoms with Gasteiger partial charge < -0.3 is 29.3 Å². The molecule has 0 aromatic heterocycles. The molecule has 1 N–H and O–H groups in total. The van der Waals surface area contributed by atoms with E-state index in [4.69, 9.17) is 14.2 Å². The molecule has 0 radical (unpaired) electrons. The van der Waals surface area contributed by atoms with Crippen molar-refractivity contribution < 1.29 is 28.6 Å². The molecule has 1 aliphatic rings. The van der Waals surface area contributed by atoms with Crippen molar-refractivity contribution in [2.24, 2.45) is 0 Å². The Morgan fingerprint density at radius 1 is 1.19 bits per heavy atom. The predicted octanol–water partition coefficient (Wildman–Crippen LogP) is 0.581. The molecule has 27 heavy (non-hydrogen) atoms. The largest absolute Gasteiger partial charge is 0.466 e. The molecule has 1 heterocycles. The first-order valence-electron chi connectivity index (χ1n) is 8.17. The summed E-state index contributed by atoms with van der Waals surface area (Å²) < 4.78 is 15.0. The van der Waals surface area contributed by atoms with Crippen LogP contribution >= 0.6 is 0 Å². The first-order chi connectivity index (χ1) is 12.9. The predicted molar refractivity (Wildman–Crippen MR) is 98.0 cm³/mol. The van der Waals surface area contributed by atoms with Gasteiger partial charge in [0.2, 0.25) is 5.91 Å². The van der Waals surface area contributed by atoms with Crippen LogP contribution in [0.4, 0.5) is 11.4 Å². The molecule has 0 aliphatic carbocycles. The van der Waals surface area contributed by atoms with Crippen molar-refractivity contribution in [1.29, 1.82) is 0 Å². The summed E-state index contributed by atoms with van der Waals surface area (Å²) in [5.74, 6) is -1.53. The van der Waals surface area contributed by atoms with Crippen molar-refractivity contribution >= 4 is 29.2 Å². The molecule has 0 saturated carbocycles. The molecule has 0 fully saturated rings. The smallest absolute Gasteiger partial charge is 0.355 e. The average molecular weight is 377 g/mol. The van der Waals surface area contributed by atoms with E-state index >= 15 is 0 Å². The van der Waals surface area contributed by atoms with Crippen LogP contribution in [0.1, 0.15) is 0 Å². The number of hydrogen-bond donors (Lipinski definition) is 1. The van der Waals surface area contributed by atoms with Gasteiger partial charge in [0.15, 0.2) is 0 Å². The molecule has 146 valence electrons. The minimum Gasteiger partial charge on any atom is -0.466 e. The highest BCUT2D eigenvalue weighted by Gasteiger charge is 2.32. The van der Waals surface area contributed by atoms with E-state index in [1.807, 2.05) is 0 Å². The quantitative estimate of drug-likeness (QED) is 0.719. The molecule has 2 rings (SSSR count). The van der Waals surface area contributed by atoms with Gasteiger partial charge in [0, 0.05) is 11.4 Å². The van der Waals surface area contributed by atoms with Crippen LogP contribution in [0.5, 0.6) is 0 Å². The van der Waals surface area contributed by atoms with Crippen LogP contribution in [0.15, 0.2) is 35.5 Å². The molecule has 1 aliphatic heterocycles. The third-order valence-electron chi connectivity index (χ3n) is 3.73. The summed E-state index contributed by atoms with van der Waals surface area (Å²) in [4.78, 5) is 39.6. The summed E-state index contributed by atoms with van der Waals surface area (Å²) in [7, 11) is 6.05. The van der Waals surface area contributed by atoms with E-state index in [0.717, 1.165) is 0 Å². The van der Waals surface area contributed by atoms with Gasteiger partial charge in [-0.2, -0.15) is 0 Å². The number of methoxy groups -OCH3 is 2. The van der Waals surface area contributed by atoms with Crippen LogP contribution in [0, 0.1) is 0 Å². The van der Waals surface area contributed by atoms with Crippen molar-refractivity contribution in [2.45, 2.75) is 0 Å². The second-order valence-electron chi connectivity index (χ2n) is 6.05. The number of amides is 1. The van der Waals surface area contributed by atoms with Gasteiger partial charge >= 0.3 is 11.9 Å². The molecule has 0 spiro atoms. The Bertz CT molecular complexity index is 759. The Morgan fingerprint density at radius 3 is 2.52 bits per heavy atom. The fourth-order valence-corrected chi connectivity index (χ4v) is 2.59. The number of ether oxygens (including phenoxy) is 3. The number of carbonyl (C=O) groups excluding carboxylic acids is 3. The molecule has 0 atom stereocenters. The van der Waals surface area contributed by atoms with Gasteiger partial charge in [0.1, 0.15) is 12.4 Å². The molecule has 1 amide bonds. The Kier molecular flexibility index (Phi) is 6.91. The molecule has 0 bridgehead atoms. The lowest BCUT2D eigenvalue weighted by Crippen LogP contribution is -2.38. The van der Waals surface area contributed by atoms with Crippen LogP contribution in [0.25, 0.3) is 0 Å². The Morgan fingerprint density at radius 2 is 1.89 bits per heavy atom. The number of nitrogens with zero attached hydrogens (tertiary/aromatic N) is 2. The van der Waals surface area contributed by atoms with E-state index in [0.29, 0.717) is 11.4 Å². The fraction of sp³-hybridized carbons (Fsp3) is 0.389. The summed E-state index contributed by atoms with van der Waals surface area (Å²) in [5, 5.41) is 2.78. The number of esters is 2. The van der Waals surface area contributed by atoms with E-state index < -0.39 is 11.9 Å². The highest BCUT2D eigenvalue weighted by atomic mass is 16.5. The summed E-state index contributed by atoms with van der Waals surface area (Å²) in [6.07, 6.45) is 0. The number of nitrogens with one attached hydrogen (secondary N) is 1. The van der Waals surface area contributed by atoms with Gasteiger partial charge in [-0.25, -0.2) is 9.59 Å². The lowest BCUT2D eigenvalue weighted by molar-refractivity contribution is -0.140. The molecular weight excluding hydrogens is 354 g/mol. The first kappa shape index (κ1) is 20.4. The third-order valence-corrected chi connectivity index (χ3v) is 3.73. The van der Waals surface area contributed by atoms with Crippen LogP contribution < -0.4 is 10.2 Å². The molecule has 0 saturated heterocycles. The standard InChI is InChI=1S/C18H23N3O6/c1-20(2)9-15(22)19-12-6-5-7-13(8-12)21-11-27-10-14(17(23)25-3)16(21)18(24)26-4/h5-8H,9-11H2,1-4H3,(H,19,22). The number of anilines is 2. The van der Waals surface area contributed by atoms with Crippen LogP contribution in [0.3, 0.4) is 0 Å². The molecule has 9 nitrogen and oxygen atoms in total. The molecule has 1 aromatic rings. The second-order valence-corrected chi connectivity index (χ2v) is 6.05.